The number of carbonyl (C=O) groups excluding carboxylic acids is 2. The third kappa shape index (κ3) is 8.19. The third-order valence-corrected chi connectivity index (χ3v) is 9.64. The summed E-state index contributed by atoms with van der Waals surface area (Å²) in [6, 6.07) is 10.00. The second-order valence-electron chi connectivity index (χ2n) is 9.65. The first-order valence-corrected chi connectivity index (χ1v) is 15.1. The molecule has 2 aromatic carbocycles. The number of sulfonamides is 1. The van der Waals surface area contributed by atoms with Crippen molar-refractivity contribution in [1.82, 2.24) is 14.1 Å². The smallest absolute Gasteiger partial charge is 0.413 e. The van der Waals surface area contributed by atoms with Crippen molar-refractivity contribution in [1.29, 1.82) is 0 Å². The average Bonchev–Trinajstić information content (AvgIpc) is 3.41. The Morgan fingerprint density at radius 3 is 2.37 bits per heavy atom. The Morgan fingerprint density at radius 1 is 1.05 bits per heavy atom. The van der Waals surface area contributed by atoms with E-state index < -0.39 is 22.0 Å². The van der Waals surface area contributed by atoms with Gasteiger partial charge >= 0.3 is 6.09 Å². The van der Waals surface area contributed by atoms with E-state index in [0.717, 1.165) is 9.87 Å². The molecule has 3 rings (SSSR count). The summed E-state index contributed by atoms with van der Waals surface area (Å²) in [6.07, 6.45) is -0.218. The zero-order valence-electron chi connectivity index (χ0n) is 22.8. The number of nitrogens with two attached hydrogens (primary N) is 1. The summed E-state index contributed by atoms with van der Waals surface area (Å²) in [4.78, 5) is 42.4. The highest BCUT2D eigenvalue weighted by molar-refractivity contribution is 7.89. The molecule has 1 aliphatic rings. The van der Waals surface area contributed by atoms with Crippen molar-refractivity contribution in [3.63, 3.8) is 0 Å². The molecule has 1 heterocycles. The lowest BCUT2D eigenvalue weighted by Crippen LogP contribution is -2.35. The predicted octanol–water partition coefficient (Wildman–Crippen LogP) is 3.74. The highest BCUT2D eigenvalue weighted by Crippen LogP contribution is 2.32. The van der Waals surface area contributed by atoms with Crippen LogP contribution in [0.15, 0.2) is 46.3 Å². The summed E-state index contributed by atoms with van der Waals surface area (Å²) in [7, 11) is -2.37. The van der Waals surface area contributed by atoms with Crippen molar-refractivity contribution in [2.45, 2.75) is 44.0 Å². The summed E-state index contributed by atoms with van der Waals surface area (Å²) in [5, 5.41) is 9.66. The molecule has 0 fully saturated rings. The van der Waals surface area contributed by atoms with Crippen molar-refractivity contribution in [3.8, 4) is 0 Å². The van der Waals surface area contributed by atoms with Gasteiger partial charge in [-0.25, -0.2) is 13.2 Å². The molecule has 0 spiro atoms. The number of carbonyl (C=O) groups is 3. The molecule has 0 bridgehead atoms. The summed E-state index contributed by atoms with van der Waals surface area (Å²) in [5.74, 6) is -0.341. The molecule has 0 aliphatic carbocycles. The van der Waals surface area contributed by atoms with Crippen molar-refractivity contribution in [2.75, 3.05) is 33.2 Å². The fraction of sp³-hybridized carbons (Fsp3) is 0.407. The summed E-state index contributed by atoms with van der Waals surface area (Å²) in [6.45, 7) is 2.67. The second-order valence-corrected chi connectivity index (χ2v) is 12.3. The molecule has 11 nitrogen and oxygen atoms in total. The van der Waals surface area contributed by atoms with Crippen LogP contribution >= 0.6 is 23.2 Å². The van der Waals surface area contributed by atoms with Gasteiger partial charge in [-0.15, -0.1) is 0 Å². The SMILES string of the molecule is Cc1c(Cl)ccc(S(=O)(=O)N(CCCCC(=O)N(C)Cc2ccc(C3=NCCN3C(=O)O)cc2)CCC(N)=O)c1Cl. The lowest BCUT2D eigenvalue weighted by molar-refractivity contribution is -0.130. The van der Waals surface area contributed by atoms with Crippen LogP contribution in [0, 0.1) is 6.92 Å². The maximum absolute atomic E-state index is 13.4. The highest BCUT2D eigenvalue weighted by Gasteiger charge is 2.28. The Kier molecular flexibility index (Phi) is 11.1. The molecule has 14 heteroatoms. The zero-order valence-corrected chi connectivity index (χ0v) is 25.2. The lowest BCUT2D eigenvalue weighted by Gasteiger charge is -2.23. The number of amides is 3. The van der Waals surface area contributed by atoms with Gasteiger partial charge in [0.2, 0.25) is 21.8 Å². The number of nitrogens with zero attached hydrogens (tertiary/aromatic N) is 4. The fourth-order valence-electron chi connectivity index (χ4n) is 4.32. The minimum absolute atomic E-state index is 0.0156. The Balaban J connectivity index is 1.56. The quantitative estimate of drug-likeness (QED) is 0.323. The Hall–Kier alpha value is -3.19. The van der Waals surface area contributed by atoms with E-state index in [-0.39, 0.29) is 41.8 Å². The van der Waals surface area contributed by atoms with Crippen LogP contribution in [0.1, 0.15) is 42.4 Å². The number of amidine groups is 1. The van der Waals surface area contributed by atoms with Gasteiger partial charge in [-0.2, -0.15) is 4.31 Å². The van der Waals surface area contributed by atoms with Gasteiger partial charge in [0.15, 0.2) is 0 Å². The molecule has 0 saturated carbocycles. The maximum Gasteiger partial charge on any atom is 0.413 e. The molecule has 2 aromatic rings. The van der Waals surface area contributed by atoms with E-state index in [0.29, 0.717) is 54.5 Å². The van der Waals surface area contributed by atoms with E-state index in [1.54, 1.807) is 31.0 Å². The van der Waals surface area contributed by atoms with Gasteiger partial charge in [0, 0.05) is 50.1 Å². The van der Waals surface area contributed by atoms with E-state index in [9.17, 15) is 27.9 Å². The van der Waals surface area contributed by atoms with Crippen molar-refractivity contribution in [2.24, 2.45) is 10.7 Å². The number of carboxylic acid groups (broad SMARTS) is 1. The summed E-state index contributed by atoms with van der Waals surface area (Å²) in [5.41, 5.74) is 7.25. The zero-order chi connectivity index (χ0) is 30.3. The van der Waals surface area contributed by atoms with Gasteiger partial charge in [-0.05, 0) is 43.0 Å². The number of primary amides is 1. The van der Waals surface area contributed by atoms with Gasteiger partial charge in [-0.3, -0.25) is 19.5 Å². The molecule has 0 aromatic heterocycles. The standard InChI is InChI=1S/C27H33Cl2N5O6S/c1-18-21(28)10-11-22(25(18)29)41(39,40)33(15-12-23(30)35)14-4-3-5-24(36)32(2)17-19-6-8-20(9-7-19)26-31-13-16-34(26)27(37)38/h6-11H,3-5,12-17H2,1-2H3,(H2,30,35)(H,37,38). The topological polar surface area (TPSA) is 154 Å². The minimum atomic E-state index is -4.05. The van der Waals surface area contributed by atoms with E-state index in [4.69, 9.17) is 28.9 Å². The number of hydrogen-bond donors (Lipinski definition) is 2. The predicted molar refractivity (Wildman–Crippen MR) is 157 cm³/mol. The average molecular weight is 627 g/mol. The number of rotatable bonds is 13. The Labute approximate surface area is 249 Å². The van der Waals surface area contributed by atoms with Crippen LogP contribution in [0.25, 0.3) is 0 Å². The summed E-state index contributed by atoms with van der Waals surface area (Å²) < 4.78 is 27.9. The Morgan fingerprint density at radius 2 is 1.73 bits per heavy atom. The minimum Gasteiger partial charge on any atom is -0.465 e. The van der Waals surface area contributed by atoms with Gasteiger partial charge in [0.1, 0.15) is 10.7 Å². The molecule has 0 saturated heterocycles. The van der Waals surface area contributed by atoms with Crippen LogP contribution in [0.5, 0.6) is 0 Å². The van der Waals surface area contributed by atoms with Gasteiger partial charge in [-0.1, -0.05) is 47.5 Å². The van der Waals surface area contributed by atoms with Gasteiger partial charge < -0.3 is 15.7 Å². The van der Waals surface area contributed by atoms with Crippen molar-refractivity contribution < 1.29 is 27.9 Å². The second kappa shape index (κ2) is 14.1. The largest absolute Gasteiger partial charge is 0.465 e. The number of unbranched alkanes of at least 4 members (excludes halogenated alkanes) is 1. The fourth-order valence-corrected chi connectivity index (χ4v) is 6.58. The first-order valence-electron chi connectivity index (χ1n) is 12.9. The molecule has 0 atom stereocenters. The van der Waals surface area contributed by atoms with Gasteiger partial charge in [0.05, 0.1) is 18.1 Å². The molecular weight excluding hydrogens is 593 g/mol. The number of halogens is 2. The molecular formula is C27H33Cl2N5O6S. The van der Waals surface area contributed by atoms with E-state index in [1.165, 1.54) is 17.0 Å². The first kappa shape index (κ1) is 32.3. The number of aliphatic imine (C=N–C) groups is 1. The van der Waals surface area contributed by atoms with Gasteiger partial charge in [0.25, 0.3) is 0 Å². The molecule has 3 amide bonds. The normalized spacial score (nSPS) is 13.4. The Bertz CT molecular complexity index is 1430. The molecule has 3 N–H and O–H groups in total. The lowest BCUT2D eigenvalue weighted by atomic mass is 10.1. The molecule has 222 valence electrons. The van der Waals surface area contributed by atoms with E-state index in [1.807, 2.05) is 12.1 Å². The van der Waals surface area contributed by atoms with Crippen molar-refractivity contribution >= 4 is 57.0 Å². The van der Waals surface area contributed by atoms with Crippen LogP contribution in [0.3, 0.4) is 0 Å². The number of benzene rings is 2. The monoisotopic (exact) mass is 625 g/mol. The van der Waals surface area contributed by atoms with E-state index >= 15 is 0 Å². The number of hydrogen-bond acceptors (Lipinski definition) is 6. The van der Waals surface area contributed by atoms with Crippen LogP contribution in [0.4, 0.5) is 4.79 Å². The third-order valence-electron chi connectivity index (χ3n) is 6.69. The van der Waals surface area contributed by atoms with Crippen LogP contribution in [0.2, 0.25) is 10.0 Å². The van der Waals surface area contributed by atoms with Crippen LogP contribution in [-0.4, -0.2) is 84.6 Å². The molecule has 41 heavy (non-hydrogen) atoms. The highest BCUT2D eigenvalue weighted by atomic mass is 35.5. The van der Waals surface area contributed by atoms with Crippen LogP contribution < -0.4 is 5.73 Å². The molecule has 0 unspecified atom stereocenters. The molecule has 1 aliphatic heterocycles. The summed E-state index contributed by atoms with van der Waals surface area (Å²) >= 11 is 12.4. The first-order chi connectivity index (χ1) is 19.3. The van der Waals surface area contributed by atoms with Crippen LogP contribution in [-0.2, 0) is 26.2 Å². The van der Waals surface area contributed by atoms with E-state index in [2.05, 4.69) is 4.99 Å². The maximum atomic E-state index is 13.4. The molecule has 0 radical (unpaired) electrons. The van der Waals surface area contributed by atoms with Crippen molar-refractivity contribution in [3.05, 3.63) is 63.1 Å².